The lowest BCUT2D eigenvalue weighted by Gasteiger charge is -2.06. The van der Waals surface area contributed by atoms with Crippen LogP contribution in [0.2, 0.25) is 0 Å². The van der Waals surface area contributed by atoms with Crippen LogP contribution in [0.25, 0.3) is 17.5 Å². The second kappa shape index (κ2) is 8.18. The summed E-state index contributed by atoms with van der Waals surface area (Å²) in [5.74, 6) is 1.26. The van der Waals surface area contributed by atoms with Gasteiger partial charge < -0.3 is 14.3 Å². The summed E-state index contributed by atoms with van der Waals surface area (Å²) in [6.07, 6.45) is 5.13. The Morgan fingerprint density at radius 3 is 2.64 bits per heavy atom. The van der Waals surface area contributed by atoms with Crippen molar-refractivity contribution >= 4 is 17.7 Å². The van der Waals surface area contributed by atoms with Gasteiger partial charge in [0.1, 0.15) is 5.76 Å². The van der Waals surface area contributed by atoms with E-state index in [0.29, 0.717) is 35.1 Å². The van der Waals surface area contributed by atoms with E-state index in [4.69, 9.17) is 8.94 Å². The van der Waals surface area contributed by atoms with Crippen LogP contribution >= 0.6 is 0 Å². The molecule has 28 heavy (non-hydrogen) atoms. The predicted molar refractivity (Wildman–Crippen MR) is 105 cm³/mol. The molecule has 2 aromatic heterocycles. The maximum Gasteiger partial charge on any atom is 0.260 e. The molecule has 0 bridgehead atoms. The highest BCUT2D eigenvalue weighted by atomic mass is 16.5. The van der Waals surface area contributed by atoms with Crippen LogP contribution in [-0.4, -0.2) is 16.0 Å². The molecule has 2 aromatic carbocycles. The van der Waals surface area contributed by atoms with Crippen LogP contribution in [0.5, 0.6) is 0 Å². The van der Waals surface area contributed by atoms with E-state index in [-0.39, 0.29) is 5.91 Å². The number of nitrogens with one attached hydrogen (secondary N) is 1. The number of rotatable bonds is 6. The number of nitrogens with zero attached hydrogens (tertiary/aromatic N) is 2. The van der Waals surface area contributed by atoms with Gasteiger partial charge in [0.2, 0.25) is 5.91 Å². The molecule has 0 atom stereocenters. The molecule has 0 aliphatic heterocycles. The van der Waals surface area contributed by atoms with Crippen LogP contribution in [0.15, 0.2) is 88.0 Å². The first-order chi connectivity index (χ1) is 13.8. The summed E-state index contributed by atoms with van der Waals surface area (Å²) in [7, 11) is 0. The van der Waals surface area contributed by atoms with Crippen molar-refractivity contribution in [2.45, 2.75) is 6.42 Å². The Morgan fingerprint density at radius 1 is 1.00 bits per heavy atom. The Morgan fingerprint density at radius 2 is 1.82 bits per heavy atom. The fourth-order valence-electron chi connectivity index (χ4n) is 2.71. The van der Waals surface area contributed by atoms with Gasteiger partial charge in [-0.15, -0.1) is 0 Å². The first kappa shape index (κ1) is 17.5. The number of para-hydroxylation sites is 1. The average molecular weight is 371 g/mol. The van der Waals surface area contributed by atoms with Gasteiger partial charge in [0.05, 0.1) is 17.5 Å². The first-order valence-corrected chi connectivity index (χ1v) is 8.76. The molecular weight excluding hydrogens is 354 g/mol. The number of aromatic nitrogens is 2. The topological polar surface area (TPSA) is 81.2 Å². The molecule has 6 heteroatoms. The lowest BCUT2D eigenvalue weighted by molar-refractivity contribution is -0.111. The second-order valence-corrected chi connectivity index (χ2v) is 6.06. The molecule has 0 fully saturated rings. The number of carbonyl (C=O) groups excluding carboxylic acids is 1. The normalized spacial score (nSPS) is 11.0. The fourth-order valence-corrected chi connectivity index (χ4v) is 2.71. The molecule has 0 radical (unpaired) electrons. The van der Waals surface area contributed by atoms with Crippen LogP contribution in [0, 0.1) is 0 Å². The van der Waals surface area contributed by atoms with Gasteiger partial charge in [-0.1, -0.05) is 47.6 Å². The van der Waals surface area contributed by atoms with E-state index in [1.165, 1.54) is 6.08 Å². The van der Waals surface area contributed by atoms with Gasteiger partial charge in [0.25, 0.3) is 5.89 Å². The van der Waals surface area contributed by atoms with E-state index >= 15 is 0 Å². The van der Waals surface area contributed by atoms with Crippen molar-refractivity contribution in [2.75, 3.05) is 5.32 Å². The standard InChI is InChI=1S/C22H17N3O3/c26-21(13-12-17-9-6-14-27-17)23-19-11-5-4-10-18(19)22-24-20(25-28-22)15-16-7-2-1-3-8-16/h1-14H,15H2,(H,23,26). The van der Waals surface area contributed by atoms with Gasteiger partial charge in [-0.25, -0.2) is 0 Å². The Kier molecular flexibility index (Phi) is 5.11. The molecule has 0 aliphatic carbocycles. The van der Waals surface area contributed by atoms with E-state index in [2.05, 4.69) is 15.5 Å². The molecule has 2 heterocycles. The van der Waals surface area contributed by atoms with Crippen LogP contribution in [0.1, 0.15) is 17.1 Å². The third kappa shape index (κ3) is 4.24. The molecular formula is C22H17N3O3. The summed E-state index contributed by atoms with van der Waals surface area (Å²) in [5, 5.41) is 6.89. The van der Waals surface area contributed by atoms with Crippen molar-refractivity contribution in [1.82, 2.24) is 10.1 Å². The van der Waals surface area contributed by atoms with E-state index in [1.54, 1.807) is 30.5 Å². The lowest BCUT2D eigenvalue weighted by atomic mass is 10.1. The molecule has 0 saturated carbocycles. The zero-order chi connectivity index (χ0) is 19.2. The highest BCUT2D eigenvalue weighted by Crippen LogP contribution is 2.26. The third-order valence-corrected chi connectivity index (χ3v) is 4.03. The molecule has 0 spiro atoms. The molecule has 4 aromatic rings. The molecule has 1 N–H and O–H groups in total. The van der Waals surface area contributed by atoms with Crippen LogP contribution in [0.4, 0.5) is 5.69 Å². The van der Waals surface area contributed by atoms with Gasteiger partial charge >= 0.3 is 0 Å². The SMILES string of the molecule is O=C(C=Cc1ccco1)Nc1ccccc1-c1nc(Cc2ccccc2)no1. The number of amides is 1. The van der Waals surface area contributed by atoms with Gasteiger partial charge in [0, 0.05) is 12.5 Å². The molecule has 6 nitrogen and oxygen atoms in total. The number of furan rings is 1. The molecule has 1 amide bonds. The number of benzene rings is 2. The minimum absolute atomic E-state index is 0.284. The van der Waals surface area contributed by atoms with E-state index in [0.717, 1.165) is 5.56 Å². The monoisotopic (exact) mass is 371 g/mol. The largest absolute Gasteiger partial charge is 0.465 e. The zero-order valence-corrected chi connectivity index (χ0v) is 14.9. The molecule has 138 valence electrons. The highest BCUT2D eigenvalue weighted by molar-refractivity contribution is 6.03. The lowest BCUT2D eigenvalue weighted by Crippen LogP contribution is -2.08. The highest BCUT2D eigenvalue weighted by Gasteiger charge is 2.14. The summed E-state index contributed by atoms with van der Waals surface area (Å²) in [6, 6.07) is 20.7. The summed E-state index contributed by atoms with van der Waals surface area (Å²) in [4.78, 5) is 16.7. The van der Waals surface area contributed by atoms with Gasteiger partial charge in [0.15, 0.2) is 5.82 Å². The Hall–Kier alpha value is -3.93. The van der Waals surface area contributed by atoms with Crippen LogP contribution in [0.3, 0.4) is 0 Å². The summed E-state index contributed by atoms with van der Waals surface area (Å²) >= 11 is 0. The van der Waals surface area contributed by atoms with Crippen molar-refractivity contribution < 1.29 is 13.7 Å². The summed E-state index contributed by atoms with van der Waals surface area (Å²) < 4.78 is 10.6. The van der Waals surface area contributed by atoms with Gasteiger partial charge in [-0.2, -0.15) is 4.98 Å². The fraction of sp³-hybridized carbons (Fsp3) is 0.0455. The maximum absolute atomic E-state index is 12.2. The van der Waals surface area contributed by atoms with E-state index in [9.17, 15) is 4.79 Å². The Bertz CT molecular complexity index is 1080. The van der Waals surface area contributed by atoms with Crippen molar-refractivity contribution in [2.24, 2.45) is 0 Å². The van der Waals surface area contributed by atoms with Crippen LogP contribution in [-0.2, 0) is 11.2 Å². The Balaban J connectivity index is 1.51. The maximum atomic E-state index is 12.2. The smallest absolute Gasteiger partial charge is 0.260 e. The minimum Gasteiger partial charge on any atom is -0.465 e. The second-order valence-electron chi connectivity index (χ2n) is 6.06. The van der Waals surface area contributed by atoms with Crippen molar-refractivity contribution in [1.29, 1.82) is 0 Å². The van der Waals surface area contributed by atoms with Crippen molar-refractivity contribution in [3.8, 4) is 11.5 Å². The first-order valence-electron chi connectivity index (χ1n) is 8.76. The van der Waals surface area contributed by atoms with Crippen molar-refractivity contribution in [3.63, 3.8) is 0 Å². The van der Waals surface area contributed by atoms with Gasteiger partial charge in [-0.05, 0) is 35.9 Å². The summed E-state index contributed by atoms with van der Waals surface area (Å²) in [6.45, 7) is 0. The van der Waals surface area contributed by atoms with Crippen LogP contribution < -0.4 is 5.32 Å². The third-order valence-electron chi connectivity index (χ3n) is 4.03. The van der Waals surface area contributed by atoms with Gasteiger partial charge in [-0.3, -0.25) is 4.79 Å². The molecule has 0 unspecified atom stereocenters. The molecule has 4 rings (SSSR count). The average Bonchev–Trinajstić information content (AvgIpc) is 3.40. The Labute approximate surface area is 161 Å². The zero-order valence-electron chi connectivity index (χ0n) is 14.9. The van der Waals surface area contributed by atoms with Crippen molar-refractivity contribution in [3.05, 3.63) is 96.2 Å². The molecule has 0 saturated heterocycles. The van der Waals surface area contributed by atoms with E-state index in [1.807, 2.05) is 48.5 Å². The number of carbonyl (C=O) groups is 1. The number of hydrogen-bond donors (Lipinski definition) is 1. The summed E-state index contributed by atoms with van der Waals surface area (Å²) in [5.41, 5.74) is 2.35. The molecule has 0 aliphatic rings. The predicted octanol–water partition coefficient (Wildman–Crippen LogP) is 4.57. The van der Waals surface area contributed by atoms with E-state index < -0.39 is 0 Å². The minimum atomic E-state index is -0.284. The number of hydrogen-bond acceptors (Lipinski definition) is 5. The quantitative estimate of drug-likeness (QED) is 0.502. The number of anilines is 1.